The standard InChI is InChI=1S/C18H13F6NO.C2H6/c1-25-8-12-3-2-4-16(15(12)9-25)26-10-11-5-13(17(19,20)21)7-14(6-11)18(22,23)24;1-2/h2-9H,10H2,1H3;1-2H3. The van der Waals surface area contributed by atoms with Gasteiger partial charge in [0, 0.05) is 30.2 Å². The molecule has 0 bridgehead atoms. The Labute approximate surface area is 158 Å². The molecule has 2 nitrogen and oxygen atoms in total. The summed E-state index contributed by atoms with van der Waals surface area (Å²) in [5.74, 6) is 0.383. The van der Waals surface area contributed by atoms with Crippen molar-refractivity contribution in [1.29, 1.82) is 0 Å². The molecular weight excluding hydrogens is 384 g/mol. The van der Waals surface area contributed by atoms with E-state index >= 15 is 0 Å². The van der Waals surface area contributed by atoms with Gasteiger partial charge in [0.25, 0.3) is 0 Å². The van der Waals surface area contributed by atoms with Gasteiger partial charge in [-0.05, 0) is 29.8 Å². The van der Waals surface area contributed by atoms with E-state index in [0.717, 1.165) is 10.8 Å². The number of benzene rings is 2. The van der Waals surface area contributed by atoms with E-state index < -0.39 is 30.1 Å². The van der Waals surface area contributed by atoms with Crippen LogP contribution in [-0.2, 0) is 26.0 Å². The Hall–Kier alpha value is -2.64. The topological polar surface area (TPSA) is 14.2 Å². The minimum atomic E-state index is -4.88. The first-order valence-electron chi connectivity index (χ1n) is 8.50. The van der Waals surface area contributed by atoms with E-state index in [1.54, 1.807) is 29.9 Å². The molecule has 2 aromatic carbocycles. The number of aryl methyl sites for hydroxylation is 1. The fraction of sp³-hybridized carbons (Fsp3) is 0.300. The highest BCUT2D eigenvalue weighted by Gasteiger charge is 2.36. The van der Waals surface area contributed by atoms with Gasteiger partial charge in [0.05, 0.1) is 11.1 Å². The first kappa shape index (κ1) is 21.7. The Morgan fingerprint density at radius 1 is 0.857 bits per heavy atom. The van der Waals surface area contributed by atoms with Crippen LogP contribution in [0.5, 0.6) is 5.75 Å². The average molecular weight is 403 g/mol. The predicted octanol–water partition coefficient (Wildman–Crippen LogP) is 6.82. The number of nitrogens with zero attached hydrogens (tertiary/aromatic N) is 1. The molecule has 3 rings (SSSR count). The van der Waals surface area contributed by atoms with Crippen molar-refractivity contribution in [2.45, 2.75) is 32.8 Å². The van der Waals surface area contributed by atoms with Crippen LogP contribution in [0.1, 0.15) is 30.5 Å². The zero-order valence-corrected chi connectivity index (χ0v) is 15.4. The van der Waals surface area contributed by atoms with Crippen LogP contribution in [0.25, 0.3) is 10.8 Å². The number of hydrogen-bond acceptors (Lipinski definition) is 1. The van der Waals surface area contributed by atoms with E-state index in [1.807, 2.05) is 26.1 Å². The van der Waals surface area contributed by atoms with E-state index in [1.165, 1.54) is 0 Å². The molecule has 0 saturated carbocycles. The van der Waals surface area contributed by atoms with Gasteiger partial charge in [-0.2, -0.15) is 26.3 Å². The molecule has 0 N–H and O–H groups in total. The summed E-state index contributed by atoms with van der Waals surface area (Å²) in [6.07, 6.45) is -6.17. The molecule has 1 heterocycles. The highest BCUT2D eigenvalue weighted by molar-refractivity contribution is 5.88. The Balaban J connectivity index is 0.00000136. The number of alkyl halides is 6. The van der Waals surface area contributed by atoms with Crippen molar-refractivity contribution >= 4 is 10.8 Å². The minimum Gasteiger partial charge on any atom is -0.488 e. The molecule has 0 unspecified atom stereocenters. The van der Waals surface area contributed by atoms with Crippen LogP contribution in [0.4, 0.5) is 26.3 Å². The molecule has 3 aromatic rings. The first-order valence-corrected chi connectivity index (χ1v) is 8.50. The van der Waals surface area contributed by atoms with E-state index in [9.17, 15) is 26.3 Å². The van der Waals surface area contributed by atoms with E-state index in [4.69, 9.17) is 4.74 Å². The average Bonchev–Trinajstić information content (AvgIpc) is 3.00. The number of halogens is 6. The van der Waals surface area contributed by atoms with Crippen molar-refractivity contribution in [2.24, 2.45) is 7.05 Å². The quantitative estimate of drug-likeness (QED) is 0.438. The Morgan fingerprint density at radius 2 is 1.43 bits per heavy atom. The molecule has 0 radical (unpaired) electrons. The molecule has 0 aliphatic heterocycles. The van der Waals surface area contributed by atoms with Crippen molar-refractivity contribution in [2.75, 3.05) is 0 Å². The van der Waals surface area contributed by atoms with Crippen molar-refractivity contribution in [3.63, 3.8) is 0 Å². The molecule has 152 valence electrons. The molecule has 0 fully saturated rings. The Kier molecular flexibility index (Phi) is 6.31. The fourth-order valence-electron chi connectivity index (χ4n) is 2.66. The van der Waals surface area contributed by atoms with Gasteiger partial charge in [0.2, 0.25) is 0 Å². The molecular formula is C20H19F6NO. The largest absolute Gasteiger partial charge is 0.488 e. The van der Waals surface area contributed by atoms with Gasteiger partial charge >= 0.3 is 12.4 Å². The van der Waals surface area contributed by atoms with Crippen LogP contribution < -0.4 is 4.74 Å². The molecule has 1 aromatic heterocycles. The van der Waals surface area contributed by atoms with Crippen LogP contribution in [-0.4, -0.2) is 4.57 Å². The van der Waals surface area contributed by atoms with Gasteiger partial charge in [0.1, 0.15) is 12.4 Å². The van der Waals surface area contributed by atoms with Gasteiger partial charge in [-0.1, -0.05) is 26.0 Å². The van der Waals surface area contributed by atoms with E-state index in [0.29, 0.717) is 17.9 Å². The lowest BCUT2D eigenvalue weighted by Crippen LogP contribution is -2.12. The van der Waals surface area contributed by atoms with Crippen molar-refractivity contribution < 1.29 is 31.1 Å². The lowest BCUT2D eigenvalue weighted by Gasteiger charge is -2.15. The molecule has 0 aliphatic carbocycles. The molecule has 8 heteroatoms. The maximum atomic E-state index is 12.9. The smallest absolute Gasteiger partial charge is 0.416 e. The monoisotopic (exact) mass is 403 g/mol. The lowest BCUT2D eigenvalue weighted by atomic mass is 10.1. The second kappa shape index (κ2) is 8.16. The van der Waals surface area contributed by atoms with Gasteiger partial charge in [-0.3, -0.25) is 0 Å². The molecule has 0 atom stereocenters. The Bertz CT molecular complexity index is 908. The highest BCUT2D eigenvalue weighted by atomic mass is 19.4. The second-order valence-electron chi connectivity index (χ2n) is 5.89. The SMILES string of the molecule is CC.Cn1cc2cccc(OCc3cc(C(F)(F)F)cc(C(F)(F)F)c3)c2c1. The Morgan fingerprint density at radius 3 is 1.96 bits per heavy atom. The summed E-state index contributed by atoms with van der Waals surface area (Å²) < 4.78 is 84.7. The first-order chi connectivity index (χ1) is 13.0. The minimum absolute atomic E-state index is 0.0986. The van der Waals surface area contributed by atoms with Gasteiger partial charge in [-0.15, -0.1) is 0 Å². The van der Waals surface area contributed by atoms with Crippen LogP contribution in [0, 0.1) is 0 Å². The summed E-state index contributed by atoms with van der Waals surface area (Å²) in [5.41, 5.74) is -2.92. The van der Waals surface area contributed by atoms with Gasteiger partial charge < -0.3 is 9.30 Å². The number of rotatable bonds is 3. The molecule has 0 spiro atoms. The molecule has 0 aliphatic rings. The third-order valence-corrected chi connectivity index (χ3v) is 3.82. The van der Waals surface area contributed by atoms with Crippen molar-refractivity contribution in [1.82, 2.24) is 4.57 Å². The highest BCUT2D eigenvalue weighted by Crippen LogP contribution is 2.36. The summed E-state index contributed by atoms with van der Waals surface area (Å²) in [6, 6.07) is 6.57. The summed E-state index contributed by atoms with van der Waals surface area (Å²) in [6.45, 7) is 3.58. The maximum Gasteiger partial charge on any atom is 0.416 e. The normalized spacial score (nSPS) is 11.9. The summed E-state index contributed by atoms with van der Waals surface area (Å²) >= 11 is 0. The zero-order valence-electron chi connectivity index (χ0n) is 15.4. The van der Waals surface area contributed by atoms with Crippen LogP contribution in [0.3, 0.4) is 0 Å². The predicted molar refractivity (Wildman–Crippen MR) is 95.0 cm³/mol. The lowest BCUT2D eigenvalue weighted by molar-refractivity contribution is -0.143. The molecule has 0 saturated heterocycles. The molecule has 28 heavy (non-hydrogen) atoms. The van der Waals surface area contributed by atoms with Gasteiger partial charge in [-0.25, -0.2) is 0 Å². The summed E-state index contributed by atoms with van der Waals surface area (Å²) in [4.78, 5) is 0. The number of hydrogen-bond donors (Lipinski definition) is 0. The number of fused-ring (bicyclic) bond motifs is 1. The van der Waals surface area contributed by atoms with Crippen LogP contribution >= 0.6 is 0 Å². The maximum absolute atomic E-state index is 12.9. The van der Waals surface area contributed by atoms with Crippen LogP contribution in [0.2, 0.25) is 0 Å². The second-order valence-corrected chi connectivity index (χ2v) is 5.89. The summed E-state index contributed by atoms with van der Waals surface area (Å²) in [5, 5.41) is 1.57. The van der Waals surface area contributed by atoms with Crippen molar-refractivity contribution in [3.8, 4) is 5.75 Å². The van der Waals surface area contributed by atoms with E-state index in [-0.39, 0.29) is 11.6 Å². The van der Waals surface area contributed by atoms with Crippen molar-refractivity contribution in [3.05, 3.63) is 65.5 Å². The van der Waals surface area contributed by atoms with Gasteiger partial charge in [0.15, 0.2) is 0 Å². The number of aromatic nitrogens is 1. The number of ether oxygens (including phenoxy) is 1. The third kappa shape index (κ3) is 4.99. The zero-order chi connectivity index (χ0) is 21.1. The van der Waals surface area contributed by atoms with E-state index in [2.05, 4.69) is 0 Å². The molecule has 0 amide bonds. The third-order valence-electron chi connectivity index (χ3n) is 3.82. The van der Waals surface area contributed by atoms with Crippen LogP contribution in [0.15, 0.2) is 48.8 Å². The fourth-order valence-corrected chi connectivity index (χ4v) is 2.66. The summed E-state index contributed by atoms with van der Waals surface area (Å²) in [7, 11) is 1.80.